The average molecular weight is 421 g/mol. The van der Waals surface area contributed by atoms with E-state index in [1.54, 1.807) is 11.8 Å². The Hall–Kier alpha value is -2.27. The molecule has 0 spiro atoms. The molecule has 0 radical (unpaired) electrons. The molecule has 0 bridgehead atoms. The third kappa shape index (κ3) is 4.00. The number of aliphatic imine (C=N–C) groups is 1. The first-order valence-corrected chi connectivity index (χ1v) is 12.0. The van der Waals surface area contributed by atoms with Crippen molar-refractivity contribution in [1.29, 1.82) is 0 Å². The number of amides is 1. The second kappa shape index (κ2) is 8.46. The van der Waals surface area contributed by atoms with Crippen LogP contribution in [0.25, 0.3) is 11.1 Å². The van der Waals surface area contributed by atoms with Crippen molar-refractivity contribution in [3.8, 4) is 16.9 Å². The summed E-state index contributed by atoms with van der Waals surface area (Å²) in [4.78, 5) is 19.0. The summed E-state index contributed by atoms with van der Waals surface area (Å²) in [7, 11) is 0. The maximum absolute atomic E-state index is 12.5. The second-order valence-electron chi connectivity index (χ2n) is 8.69. The van der Waals surface area contributed by atoms with Crippen LogP contribution >= 0.6 is 11.8 Å². The summed E-state index contributed by atoms with van der Waals surface area (Å²) in [6.45, 7) is 2.04. The molecule has 2 aromatic rings. The minimum Gasteiger partial charge on any atom is -0.508 e. The predicted molar refractivity (Wildman–Crippen MR) is 123 cm³/mol. The molecule has 2 aliphatic heterocycles. The summed E-state index contributed by atoms with van der Waals surface area (Å²) in [5.41, 5.74) is 4.52. The Kier molecular flexibility index (Phi) is 5.55. The summed E-state index contributed by atoms with van der Waals surface area (Å²) < 4.78 is 0. The summed E-state index contributed by atoms with van der Waals surface area (Å²) in [5.74, 6) is 0.892. The maximum atomic E-state index is 12.5. The Morgan fingerprint density at radius 3 is 2.57 bits per heavy atom. The van der Waals surface area contributed by atoms with Crippen molar-refractivity contribution >= 4 is 22.8 Å². The van der Waals surface area contributed by atoms with Gasteiger partial charge in [-0.25, -0.2) is 0 Å². The molecule has 2 aromatic carbocycles. The van der Waals surface area contributed by atoms with Crippen LogP contribution in [0.4, 0.5) is 0 Å². The Morgan fingerprint density at radius 2 is 1.77 bits per heavy atom. The first kappa shape index (κ1) is 19.7. The quantitative estimate of drug-likeness (QED) is 0.724. The highest BCUT2D eigenvalue weighted by Crippen LogP contribution is 2.40. The first-order valence-electron chi connectivity index (χ1n) is 11.1. The van der Waals surface area contributed by atoms with Gasteiger partial charge in [0.25, 0.3) is 5.91 Å². The van der Waals surface area contributed by atoms with Gasteiger partial charge in [0.15, 0.2) is 5.17 Å². The summed E-state index contributed by atoms with van der Waals surface area (Å²) in [6.07, 6.45) is 7.91. The molecule has 2 fully saturated rings. The fourth-order valence-electron chi connectivity index (χ4n) is 4.94. The van der Waals surface area contributed by atoms with Gasteiger partial charge >= 0.3 is 0 Å². The zero-order valence-electron chi connectivity index (χ0n) is 17.2. The number of phenols is 1. The van der Waals surface area contributed by atoms with Crippen molar-refractivity contribution < 1.29 is 9.90 Å². The predicted octanol–water partition coefficient (Wildman–Crippen LogP) is 5.35. The molecular weight excluding hydrogens is 392 g/mol. The molecule has 1 N–H and O–H groups in total. The molecule has 156 valence electrons. The number of likely N-dealkylation sites (tertiary alicyclic amines) is 1. The van der Waals surface area contributed by atoms with Crippen LogP contribution in [0, 0.1) is 0 Å². The molecule has 2 heterocycles. The van der Waals surface area contributed by atoms with Gasteiger partial charge in [-0.1, -0.05) is 54.9 Å². The van der Waals surface area contributed by atoms with E-state index in [4.69, 9.17) is 0 Å². The Labute approximate surface area is 182 Å². The fraction of sp³-hybridized carbons (Fsp3) is 0.440. The van der Waals surface area contributed by atoms with Crippen molar-refractivity contribution in [3.63, 3.8) is 0 Å². The largest absolute Gasteiger partial charge is 0.508 e. The van der Waals surface area contributed by atoms with Crippen molar-refractivity contribution in [2.45, 2.75) is 56.1 Å². The third-order valence-corrected chi connectivity index (χ3v) is 7.82. The van der Waals surface area contributed by atoms with Crippen molar-refractivity contribution in [2.24, 2.45) is 4.99 Å². The van der Waals surface area contributed by atoms with Gasteiger partial charge in [0, 0.05) is 13.1 Å². The lowest BCUT2D eigenvalue weighted by molar-refractivity contribution is -0.117. The molecule has 3 aliphatic rings. The van der Waals surface area contributed by atoms with Gasteiger partial charge in [-0.05, 0) is 72.4 Å². The van der Waals surface area contributed by atoms with E-state index in [0.717, 1.165) is 53.4 Å². The van der Waals surface area contributed by atoms with Crippen molar-refractivity contribution in [3.05, 3.63) is 53.6 Å². The highest BCUT2D eigenvalue weighted by atomic mass is 32.2. The van der Waals surface area contributed by atoms with Crippen LogP contribution in [0.1, 0.15) is 55.6 Å². The van der Waals surface area contributed by atoms with Crippen LogP contribution in [0.2, 0.25) is 0 Å². The standard InChI is InChI=1S/C25H28N2O2S/c28-22-11-10-20(16-21(22)18-7-1-2-8-18)19-9-5-6-17(14-19)15-23-24(29)26-25(30-23)27-12-3-4-13-27/h5-6,9-11,14,16,18,23,28H,1-4,7-8,12-13,15H2. The topological polar surface area (TPSA) is 52.9 Å². The number of carbonyl (C=O) groups is 1. The minimum atomic E-state index is -0.121. The minimum absolute atomic E-state index is 0.000422. The summed E-state index contributed by atoms with van der Waals surface area (Å²) in [5, 5.41) is 11.2. The lowest BCUT2D eigenvalue weighted by Crippen LogP contribution is -2.24. The lowest BCUT2D eigenvalue weighted by Gasteiger charge is -2.16. The number of thioether (sulfide) groups is 1. The smallest absolute Gasteiger partial charge is 0.262 e. The zero-order valence-corrected chi connectivity index (χ0v) is 18.0. The number of aromatic hydroxyl groups is 1. The zero-order chi connectivity index (χ0) is 20.5. The van der Waals surface area contributed by atoms with Gasteiger partial charge < -0.3 is 10.0 Å². The molecule has 1 amide bonds. The maximum Gasteiger partial charge on any atom is 0.262 e. The van der Waals surface area contributed by atoms with Gasteiger partial charge in [0.2, 0.25) is 0 Å². The fourth-order valence-corrected chi connectivity index (χ4v) is 6.10. The molecule has 5 heteroatoms. The molecule has 1 atom stereocenters. The SMILES string of the molecule is O=C1N=C(N2CCCC2)SC1Cc1cccc(-c2ccc(O)c(C3CCCC3)c2)c1. The second-order valence-corrected chi connectivity index (χ2v) is 9.86. The molecular formula is C25H28N2O2S. The number of nitrogens with zero attached hydrogens (tertiary/aromatic N) is 2. The molecule has 0 aromatic heterocycles. The highest BCUT2D eigenvalue weighted by Gasteiger charge is 2.32. The van der Waals surface area contributed by atoms with E-state index < -0.39 is 0 Å². The number of hydrogen-bond donors (Lipinski definition) is 1. The van der Waals surface area contributed by atoms with E-state index in [2.05, 4.69) is 40.2 Å². The van der Waals surface area contributed by atoms with Gasteiger partial charge in [-0.2, -0.15) is 4.99 Å². The van der Waals surface area contributed by atoms with Gasteiger partial charge in [-0.15, -0.1) is 0 Å². The van der Waals surface area contributed by atoms with E-state index >= 15 is 0 Å². The molecule has 1 unspecified atom stereocenters. The number of phenolic OH excluding ortho intramolecular Hbond substituents is 1. The highest BCUT2D eigenvalue weighted by molar-refractivity contribution is 8.15. The van der Waals surface area contributed by atoms with Gasteiger partial charge in [0.1, 0.15) is 5.75 Å². The normalized spacial score (nSPS) is 22.1. The third-order valence-electron chi connectivity index (χ3n) is 6.61. The Morgan fingerprint density at radius 1 is 1.00 bits per heavy atom. The Balaban J connectivity index is 1.33. The molecule has 4 nitrogen and oxygen atoms in total. The summed E-state index contributed by atoms with van der Waals surface area (Å²) >= 11 is 1.63. The van der Waals surface area contributed by atoms with E-state index in [0.29, 0.717) is 18.1 Å². The van der Waals surface area contributed by atoms with E-state index in [1.807, 2.05) is 12.1 Å². The van der Waals surface area contributed by atoms with Crippen LogP contribution in [0.15, 0.2) is 47.5 Å². The van der Waals surface area contributed by atoms with E-state index in [1.165, 1.54) is 25.7 Å². The average Bonchev–Trinajstić information content (AvgIpc) is 3.52. The number of rotatable bonds is 4. The van der Waals surface area contributed by atoms with Crippen molar-refractivity contribution in [2.75, 3.05) is 13.1 Å². The van der Waals surface area contributed by atoms with Gasteiger partial charge in [-0.3, -0.25) is 4.79 Å². The molecule has 30 heavy (non-hydrogen) atoms. The van der Waals surface area contributed by atoms with Crippen LogP contribution in [0.5, 0.6) is 5.75 Å². The number of carbonyl (C=O) groups excluding carboxylic acids is 1. The number of hydrogen-bond acceptors (Lipinski definition) is 4. The molecule has 1 saturated carbocycles. The van der Waals surface area contributed by atoms with E-state index in [9.17, 15) is 9.90 Å². The van der Waals surface area contributed by atoms with Crippen molar-refractivity contribution in [1.82, 2.24) is 4.90 Å². The molecule has 1 saturated heterocycles. The molecule has 1 aliphatic carbocycles. The van der Waals surface area contributed by atoms with E-state index in [-0.39, 0.29) is 11.2 Å². The van der Waals surface area contributed by atoms with Crippen LogP contribution in [-0.4, -0.2) is 39.4 Å². The molecule has 5 rings (SSSR count). The van der Waals surface area contributed by atoms with Gasteiger partial charge in [0.05, 0.1) is 5.25 Å². The van der Waals surface area contributed by atoms with Crippen LogP contribution in [-0.2, 0) is 11.2 Å². The lowest BCUT2D eigenvalue weighted by atomic mass is 9.92. The summed E-state index contributed by atoms with van der Waals surface area (Å²) in [6, 6.07) is 14.5. The Bertz CT molecular complexity index is 975. The van der Waals surface area contributed by atoms with Crippen LogP contribution < -0.4 is 0 Å². The monoisotopic (exact) mass is 420 g/mol. The number of benzene rings is 2. The van der Waals surface area contributed by atoms with Crippen LogP contribution in [0.3, 0.4) is 0 Å². The number of amidine groups is 1. The first-order chi connectivity index (χ1) is 14.7.